The summed E-state index contributed by atoms with van der Waals surface area (Å²) in [5.74, 6) is -1.72. The molecule has 0 saturated carbocycles. The Morgan fingerprint density at radius 1 is 1.08 bits per heavy atom. The van der Waals surface area contributed by atoms with Gasteiger partial charge in [-0.25, -0.2) is 4.79 Å². The summed E-state index contributed by atoms with van der Waals surface area (Å²) in [7, 11) is 0. The summed E-state index contributed by atoms with van der Waals surface area (Å²) in [6, 6.07) is 8.32. The molecule has 0 unspecified atom stereocenters. The third kappa shape index (κ3) is 4.60. The van der Waals surface area contributed by atoms with Gasteiger partial charge in [0, 0.05) is 6.07 Å². The third-order valence-corrected chi connectivity index (χ3v) is 4.08. The van der Waals surface area contributed by atoms with Crippen molar-refractivity contribution in [2.45, 2.75) is 0 Å². The predicted molar refractivity (Wildman–Crippen MR) is 93.5 cm³/mol. The molecule has 0 spiro atoms. The van der Waals surface area contributed by atoms with Crippen LogP contribution in [0.3, 0.4) is 0 Å². The van der Waals surface area contributed by atoms with E-state index in [9.17, 15) is 19.7 Å². The lowest BCUT2D eigenvalue weighted by Crippen LogP contribution is -2.21. The van der Waals surface area contributed by atoms with Gasteiger partial charge in [0.25, 0.3) is 11.6 Å². The van der Waals surface area contributed by atoms with Crippen LogP contribution in [0.1, 0.15) is 10.4 Å². The second kappa shape index (κ2) is 8.15. The standard InChI is InChI=1S/C15H9Cl3N2O5/c16-8-5-6-9(17)14(18)13(8)15(22)25-7-12(21)19-10-3-1-2-4-11(10)20(23)24/h1-6H,7H2,(H,19,21). The molecule has 0 bridgehead atoms. The number of halogens is 3. The van der Waals surface area contributed by atoms with Crippen LogP contribution in [-0.2, 0) is 9.53 Å². The molecular weight excluding hydrogens is 395 g/mol. The van der Waals surface area contributed by atoms with Gasteiger partial charge in [-0.15, -0.1) is 0 Å². The van der Waals surface area contributed by atoms with Crippen LogP contribution >= 0.6 is 34.8 Å². The number of anilines is 1. The van der Waals surface area contributed by atoms with Crippen LogP contribution in [0.15, 0.2) is 36.4 Å². The molecule has 25 heavy (non-hydrogen) atoms. The van der Waals surface area contributed by atoms with E-state index in [2.05, 4.69) is 5.32 Å². The first-order valence-corrected chi connectivity index (χ1v) is 7.78. The van der Waals surface area contributed by atoms with E-state index in [1.165, 1.54) is 36.4 Å². The Labute approximate surface area is 156 Å². The van der Waals surface area contributed by atoms with Crippen LogP contribution in [0.4, 0.5) is 11.4 Å². The minimum atomic E-state index is -0.949. The van der Waals surface area contributed by atoms with Crippen LogP contribution in [-0.4, -0.2) is 23.4 Å². The molecule has 0 heterocycles. The van der Waals surface area contributed by atoms with Gasteiger partial charge in [-0.3, -0.25) is 14.9 Å². The van der Waals surface area contributed by atoms with E-state index >= 15 is 0 Å². The molecule has 0 atom stereocenters. The molecule has 0 radical (unpaired) electrons. The molecule has 0 fully saturated rings. The van der Waals surface area contributed by atoms with Crippen molar-refractivity contribution in [3.05, 3.63) is 67.1 Å². The lowest BCUT2D eigenvalue weighted by atomic mass is 10.2. The van der Waals surface area contributed by atoms with Crippen molar-refractivity contribution in [2.24, 2.45) is 0 Å². The van der Waals surface area contributed by atoms with Gasteiger partial charge in [0.1, 0.15) is 5.69 Å². The van der Waals surface area contributed by atoms with E-state index in [-0.39, 0.29) is 32.0 Å². The summed E-state index contributed by atoms with van der Waals surface area (Å²) in [5, 5.41) is 13.2. The third-order valence-electron chi connectivity index (χ3n) is 2.96. The number of hydrogen-bond donors (Lipinski definition) is 1. The molecule has 130 valence electrons. The van der Waals surface area contributed by atoms with E-state index in [0.717, 1.165) is 0 Å². The maximum Gasteiger partial charge on any atom is 0.341 e. The number of nitrogens with one attached hydrogen (secondary N) is 1. The number of nitro benzene ring substituents is 1. The number of nitro groups is 1. The molecule has 0 aromatic heterocycles. The molecular formula is C15H9Cl3N2O5. The number of ether oxygens (including phenoxy) is 1. The minimum Gasteiger partial charge on any atom is -0.452 e. The fraction of sp³-hybridized carbons (Fsp3) is 0.0667. The Hall–Kier alpha value is -2.35. The zero-order valence-electron chi connectivity index (χ0n) is 12.3. The van der Waals surface area contributed by atoms with Gasteiger partial charge in [-0.1, -0.05) is 46.9 Å². The van der Waals surface area contributed by atoms with Gasteiger partial charge in [0.15, 0.2) is 6.61 Å². The normalized spacial score (nSPS) is 10.2. The summed E-state index contributed by atoms with van der Waals surface area (Å²) < 4.78 is 4.83. The Kier molecular flexibility index (Phi) is 6.19. The SMILES string of the molecule is O=C(COC(=O)c1c(Cl)ccc(Cl)c1Cl)Nc1ccccc1[N+](=O)[O-]. The van der Waals surface area contributed by atoms with Crippen molar-refractivity contribution in [2.75, 3.05) is 11.9 Å². The smallest absolute Gasteiger partial charge is 0.341 e. The molecule has 1 amide bonds. The predicted octanol–water partition coefficient (Wildman–Crippen LogP) is 4.35. The van der Waals surface area contributed by atoms with Crippen molar-refractivity contribution in [3.8, 4) is 0 Å². The first-order chi connectivity index (χ1) is 11.8. The molecule has 0 saturated heterocycles. The van der Waals surface area contributed by atoms with Crippen LogP contribution in [0.2, 0.25) is 15.1 Å². The first-order valence-electron chi connectivity index (χ1n) is 6.65. The molecule has 0 aliphatic rings. The van der Waals surface area contributed by atoms with Gasteiger partial charge < -0.3 is 10.1 Å². The van der Waals surface area contributed by atoms with Crippen LogP contribution < -0.4 is 5.32 Å². The molecule has 2 rings (SSSR count). The molecule has 2 aromatic rings. The van der Waals surface area contributed by atoms with E-state index in [1.807, 2.05) is 0 Å². The highest BCUT2D eigenvalue weighted by Gasteiger charge is 2.20. The molecule has 2 aromatic carbocycles. The number of para-hydroxylation sites is 2. The zero-order valence-corrected chi connectivity index (χ0v) is 14.6. The molecule has 0 aliphatic carbocycles. The average Bonchev–Trinajstić information content (AvgIpc) is 2.57. The van der Waals surface area contributed by atoms with E-state index in [1.54, 1.807) is 0 Å². The Morgan fingerprint density at radius 2 is 1.72 bits per heavy atom. The average molecular weight is 404 g/mol. The number of esters is 1. The van der Waals surface area contributed by atoms with Crippen molar-refractivity contribution in [1.29, 1.82) is 0 Å². The lowest BCUT2D eigenvalue weighted by molar-refractivity contribution is -0.383. The fourth-order valence-corrected chi connectivity index (χ4v) is 2.52. The van der Waals surface area contributed by atoms with Crippen molar-refractivity contribution in [1.82, 2.24) is 0 Å². The number of nitrogens with zero attached hydrogens (tertiary/aromatic N) is 1. The maximum atomic E-state index is 12.0. The summed E-state index contributed by atoms with van der Waals surface area (Å²) in [6.45, 7) is -0.690. The highest BCUT2D eigenvalue weighted by Crippen LogP contribution is 2.32. The van der Waals surface area contributed by atoms with Crippen molar-refractivity contribution < 1.29 is 19.2 Å². The second-order valence-corrected chi connectivity index (χ2v) is 5.81. The Balaban J connectivity index is 2.05. The first kappa shape index (κ1) is 19.0. The molecule has 1 N–H and O–H groups in total. The van der Waals surface area contributed by atoms with Crippen molar-refractivity contribution in [3.63, 3.8) is 0 Å². The largest absolute Gasteiger partial charge is 0.452 e. The molecule has 0 aliphatic heterocycles. The summed E-state index contributed by atoms with van der Waals surface area (Å²) in [6.07, 6.45) is 0. The lowest BCUT2D eigenvalue weighted by Gasteiger charge is -2.09. The van der Waals surface area contributed by atoms with Gasteiger partial charge in [-0.2, -0.15) is 0 Å². The number of rotatable bonds is 5. The maximum absolute atomic E-state index is 12.0. The minimum absolute atomic E-state index is 0.0125. The summed E-state index contributed by atoms with van der Waals surface area (Å²) >= 11 is 17.6. The Morgan fingerprint density at radius 3 is 2.40 bits per heavy atom. The topological polar surface area (TPSA) is 98.5 Å². The van der Waals surface area contributed by atoms with E-state index < -0.39 is 23.4 Å². The molecule has 10 heteroatoms. The monoisotopic (exact) mass is 402 g/mol. The summed E-state index contributed by atoms with van der Waals surface area (Å²) in [5.41, 5.74) is -0.482. The highest BCUT2D eigenvalue weighted by molar-refractivity contribution is 6.46. The highest BCUT2D eigenvalue weighted by atomic mass is 35.5. The van der Waals surface area contributed by atoms with Crippen LogP contribution in [0.5, 0.6) is 0 Å². The van der Waals surface area contributed by atoms with Crippen LogP contribution in [0.25, 0.3) is 0 Å². The second-order valence-electron chi connectivity index (χ2n) is 4.62. The summed E-state index contributed by atoms with van der Waals surface area (Å²) in [4.78, 5) is 34.1. The number of benzene rings is 2. The fourth-order valence-electron chi connectivity index (χ4n) is 1.84. The van der Waals surface area contributed by atoms with E-state index in [0.29, 0.717) is 0 Å². The Bertz CT molecular complexity index is 857. The number of amides is 1. The number of carbonyl (C=O) groups is 2. The van der Waals surface area contributed by atoms with Gasteiger partial charge in [-0.05, 0) is 18.2 Å². The van der Waals surface area contributed by atoms with Gasteiger partial charge in [0.05, 0.1) is 25.6 Å². The number of hydrogen-bond acceptors (Lipinski definition) is 5. The van der Waals surface area contributed by atoms with Gasteiger partial charge in [0.2, 0.25) is 0 Å². The van der Waals surface area contributed by atoms with Gasteiger partial charge >= 0.3 is 5.97 Å². The molecule has 7 nitrogen and oxygen atoms in total. The van der Waals surface area contributed by atoms with Crippen molar-refractivity contribution >= 4 is 58.1 Å². The quantitative estimate of drug-likeness (QED) is 0.346. The number of carbonyl (C=O) groups excluding carboxylic acids is 2. The van der Waals surface area contributed by atoms with E-state index in [4.69, 9.17) is 39.5 Å². The van der Waals surface area contributed by atoms with Crippen LogP contribution in [0, 0.1) is 10.1 Å². The zero-order chi connectivity index (χ0) is 18.6.